The van der Waals surface area contributed by atoms with Gasteiger partial charge < -0.3 is 10.1 Å². The highest BCUT2D eigenvalue weighted by Crippen LogP contribution is 2.35. The number of hydrogen-bond acceptors (Lipinski definition) is 6. The lowest BCUT2D eigenvalue weighted by atomic mass is 10.1. The van der Waals surface area contributed by atoms with Crippen molar-refractivity contribution in [3.8, 4) is 6.07 Å². The average molecular weight is 389 g/mol. The van der Waals surface area contributed by atoms with Crippen molar-refractivity contribution in [2.45, 2.75) is 13.8 Å². The van der Waals surface area contributed by atoms with Gasteiger partial charge in [0.25, 0.3) is 5.91 Å². The lowest BCUT2D eigenvalue weighted by Crippen LogP contribution is -2.11. The molecule has 0 saturated carbocycles. The van der Waals surface area contributed by atoms with Gasteiger partial charge in [0, 0.05) is 0 Å². The number of nitrogens with one attached hydrogen (secondary N) is 1. The first kappa shape index (κ1) is 17.8. The summed E-state index contributed by atoms with van der Waals surface area (Å²) in [7, 11) is 0. The van der Waals surface area contributed by atoms with Gasteiger partial charge in [0.15, 0.2) is 0 Å². The molecule has 2 heterocycles. The second-order valence-corrected chi connectivity index (χ2v) is 7.59. The fraction of sp³-hybridized carbons (Fsp3) is 0.214. The minimum Gasteiger partial charge on any atom is -0.462 e. The summed E-state index contributed by atoms with van der Waals surface area (Å²) in [6, 6.07) is 3.44. The number of esters is 1. The number of carbonyl (C=O) groups excluding carboxylic acids is 2. The Labute approximate surface area is 150 Å². The van der Waals surface area contributed by atoms with Crippen LogP contribution in [0.1, 0.15) is 38.1 Å². The third-order valence-electron chi connectivity index (χ3n) is 2.85. The molecule has 0 bridgehead atoms. The van der Waals surface area contributed by atoms with Crippen LogP contribution in [0.15, 0.2) is 6.07 Å². The van der Waals surface area contributed by atoms with Gasteiger partial charge >= 0.3 is 5.97 Å². The Morgan fingerprint density at radius 1 is 1.39 bits per heavy atom. The van der Waals surface area contributed by atoms with Gasteiger partial charge in [-0.05, 0) is 25.5 Å². The summed E-state index contributed by atoms with van der Waals surface area (Å²) in [6.45, 7) is 3.55. The Morgan fingerprint density at radius 2 is 2.09 bits per heavy atom. The lowest BCUT2D eigenvalue weighted by Gasteiger charge is -2.01. The number of thiophene rings is 2. The van der Waals surface area contributed by atoms with Crippen molar-refractivity contribution >= 4 is 62.8 Å². The minimum absolute atomic E-state index is 0.217. The van der Waals surface area contributed by atoms with E-state index < -0.39 is 11.9 Å². The van der Waals surface area contributed by atoms with Crippen LogP contribution in [0, 0.1) is 18.3 Å². The number of nitriles is 1. The van der Waals surface area contributed by atoms with E-state index in [9.17, 15) is 14.9 Å². The maximum Gasteiger partial charge on any atom is 0.348 e. The van der Waals surface area contributed by atoms with E-state index in [-0.39, 0.29) is 31.9 Å². The van der Waals surface area contributed by atoms with Crippen LogP contribution in [0.5, 0.6) is 0 Å². The third kappa shape index (κ3) is 3.67. The van der Waals surface area contributed by atoms with Crippen molar-refractivity contribution in [2.24, 2.45) is 0 Å². The van der Waals surface area contributed by atoms with Crippen molar-refractivity contribution in [2.75, 3.05) is 11.9 Å². The molecular formula is C14H10Cl2N2O3S2. The van der Waals surface area contributed by atoms with E-state index in [4.69, 9.17) is 27.9 Å². The maximum absolute atomic E-state index is 12.3. The Hall–Kier alpha value is -1.59. The van der Waals surface area contributed by atoms with Crippen molar-refractivity contribution in [1.82, 2.24) is 0 Å². The monoisotopic (exact) mass is 388 g/mol. The SMILES string of the molecule is CCOC(=O)c1sc(NC(=O)c2cc(Cl)sc2Cl)c(C#N)c1C. The van der Waals surface area contributed by atoms with Crippen molar-refractivity contribution in [1.29, 1.82) is 5.26 Å². The molecule has 23 heavy (non-hydrogen) atoms. The highest BCUT2D eigenvalue weighted by molar-refractivity contribution is 7.20. The van der Waals surface area contributed by atoms with Gasteiger partial charge in [0.1, 0.15) is 20.3 Å². The highest BCUT2D eigenvalue weighted by Gasteiger charge is 2.23. The summed E-state index contributed by atoms with van der Waals surface area (Å²) in [4.78, 5) is 24.4. The molecule has 0 spiro atoms. The van der Waals surface area contributed by atoms with Crippen molar-refractivity contribution in [3.05, 3.63) is 36.3 Å². The molecule has 0 radical (unpaired) electrons. The fourth-order valence-corrected chi connectivity index (χ4v) is 4.30. The van der Waals surface area contributed by atoms with E-state index in [1.54, 1.807) is 13.8 Å². The maximum atomic E-state index is 12.3. The summed E-state index contributed by atoms with van der Waals surface area (Å²) in [5.41, 5.74) is 0.916. The van der Waals surface area contributed by atoms with Crippen LogP contribution >= 0.6 is 45.9 Å². The van der Waals surface area contributed by atoms with E-state index >= 15 is 0 Å². The minimum atomic E-state index is -0.524. The molecule has 0 aliphatic rings. The first-order valence-corrected chi connectivity index (χ1v) is 8.74. The van der Waals surface area contributed by atoms with Gasteiger partial charge in [-0.2, -0.15) is 5.26 Å². The first-order chi connectivity index (χ1) is 10.9. The number of rotatable bonds is 4. The molecule has 0 atom stereocenters. The smallest absolute Gasteiger partial charge is 0.348 e. The predicted molar refractivity (Wildman–Crippen MR) is 92.0 cm³/mol. The van der Waals surface area contributed by atoms with E-state index in [1.165, 1.54) is 6.07 Å². The fourth-order valence-electron chi connectivity index (χ4n) is 1.79. The van der Waals surface area contributed by atoms with Crippen LogP contribution in [0.2, 0.25) is 8.67 Å². The number of nitrogens with zero attached hydrogens (tertiary/aromatic N) is 1. The van der Waals surface area contributed by atoms with Gasteiger partial charge in [0.2, 0.25) is 0 Å². The van der Waals surface area contributed by atoms with Crippen LogP contribution in [0.4, 0.5) is 5.00 Å². The van der Waals surface area contributed by atoms with Crippen LogP contribution < -0.4 is 5.32 Å². The molecular weight excluding hydrogens is 379 g/mol. The predicted octanol–water partition coefficient (Wildman–Crippen LogP) is 4.73. The molecule has 0 aliphatic heterocycles. The average Bonchev–Trinajstić information content (AvgIpc) is 2.98. The van der Waals surface area contributed by atoms with Gasteiger partial charge in [-0.3, -0.25) is 4.79 Å². The van der Waals surface area contributed by atoms with Gasteiger partial charge in [-0.1, -0.05) is 23.2 Å². The normalized spacial score (nSPS) is 10.2. The molecule has 5 nitrogen and oxygen atoms in total. The Kier molecular flexibility index (Phi) is 5.65. The zero-order valence-electron chi connectivity index (χ0n) is 12.0. The first-order valence-electron chi connectivity index (χ1n) is 6.35. The number of hydrogen-bond donors (Lipinski definition) is 1. The number of amides is 1. The molecule has 1 N–H and O–H groups in total. The lowest BCUT2D eigenvalue weighted by molar-refractivity contribution is 0.0531. The molecule has 0 aliphatic carbocycles. The molecule has 0 fully saturated rings. The van der Waals surface area contributed by atoms with E-state index in [2.05, 4.69) is 5.32 Å². The zero-order chi connectivity index (χ0) is 17.1. The van der Waals surface area contributed by atoms with Crippen LogP contribution in [-0.4, -0.2) is 18.5 Å². The van der Waals surface area contributed by atoms with E-state index in [0.29, 0.717) is 9.90 Å². The summed E-state index contributed by atoms with van der Waals surface area (Å²) in [5, 5.41) is 12.2. The quantitative estimate of drug-likeness (QED) is 0.767. The van der Waals surface area contributed by atoms with Crippen LogP contribution in [-0.2, 0) is 4.74 Å². The largest absolute Gasteiger partial charge is 0.462 e. The zero-order valence-corrected chi connectivity index (χ0v) is 15.2. The summed E-state index contributed by atoms with van der Waals surface area (Å²) in [5.74, 6) is -1.02. The Morgan fingerprint density at radius 3 is 2.61 bits per heavy atom. The van der Waals surface area contributed by atoms with Gasteiger partial charge in [-0.15, -0.1) is 22.7 Å². The van der Waals surface area contributed by atoms with Gasteiger partial charge in [0.05, 0.1) is 22.1 Å². The van der Waals surface area contributed by atoms with E-state index in [0.717, 1.165) is 22.7 Å². The molecule has 9 heteroatoms. The summed E-state index contributed by atoms with van der Waals surface area (Å²) < 4.78 is 5.59. The van der Waals surface area contributed by atoms with Crippen molar-refractivity contribution < 1.29 is 14.3 Å². The standard InChI is InChI=1S/C14H10Cl2N2O3S2/c1-3-21-14(20)10-6(2)8(5-17)13(23-10)18-12(19)7-4-9(15)22-11(7)16/h4H,3H2,1-2H3,(H,18,19). The number of ether oxygens (including phenoxy) is 1. The second kappa shape index (κ2) is 7.32. The van der Waals surface area contributed by atoms with Crippen LogP contribution in [0.3, 0.4) is 0 Å². The second-order valence-electron chi connectivity index (χ2n) is 4.28. The molecule has 0 aromatic carbocycles. The molecule has 1 amide bonds. The third-order valence-corrected chi connectivity index (χ3v) is 5.52. The number of halogens is 2. The molecule has 2 rings (SSSR count). The Bertz CT molecular complexity index is 821. The molecule has 120 valence electrons. The van der Waals surface area contributed by atoms with Crippen molar-refractivity contribution in [3.63, 3.8) is 0 Å². The summed E-state index contributed by atoms with van der Waals surface area (Å²) >= 11 is 13.8. The Balaban J connectivity index is 2.35. The van der Waals surface area contributed by atoms with E-state index in [1.807, 2.05) is 6.07 Å². The highest BCUT2D eigenvalue weighted by atomic mass is 35.5. The molecule has 0 unspecified atom stereocenters. The van der Waals surface area contributed by atoms with Crippen LogP contribution in [0.25, 0.3) is 0 Å². The van der Waals surface area contributed by atoms with Gasteiger partial charge in [-0.25, -0.2) is 4.79 Å². The number of anilines is 1. The summed E-state index contributed by atoms with van der Waals surface area (Å²) in [6.07, 6.45) is 0. The number of carbonyl (C=O) groups is 2. The molecule has 2 aromatic rings. The topological polar surface area (TPSA) is 79.2 Å². The molecule has 0 saturated heterocycles. The molecule has 2 aromatic heterocycles.